The Labute approximate surface area is 114 Å². The van der Waals surface area contributed by atoms with E-state index in [1.165, 1.54) is 11.3 Å². The van der Waals surface area contributed by atoms with E-state index in [-0.39, 0.29) is 6.42 Å². The number of ether oxygens (including phenoxy) is 1. The van der Waals surface area contributed by atoms with Gasteiger partial charge in [0, 0.05) is 5.38 Å². The SMILES string of the molecule is COc1ccc(C)cc1Nc1nc(CC(=O)O)cs1. The number of carbonyl (C=O) groups is 1. The summed E-state index contributed by atoms with van der Waals surface area (Å²) in [5.74, 6) is -0.162. The Morgan fingerprint density at radius 2 is 2.32 bits per heavy atom. The van der Waals surface area contributed by atoms with E-state index in [1.54, 1.807) is 12.5 Å². The number of rotatable bonds is 5. The molecule has 0 aliphatic rings. The molecule has 100 valence electrons. The highest BCUT2D eigenvalue weighted by Gasteiger charge is 2.08. The van der Waals surface area contributed by atoms with Crippen molar-refractivity contribution >= 4 is 28.1 Å². The largest absolute Gasteiger partial charge is 0.495 e. The number of aryl methyl sites for hydroxylation is 1. The molecular weight excluding hydrogens is 264 g/mol. The molecule has 0 radical (unpaired) electrons. The number of hydrogen-bond acceptors (Lipinski definition) is 5. The van der Waals surface area contributed by atoms with Crippen LogP contribution in [0.1, 0.15) is 11.3 Å². The van der Waals surface area contributed by atoms with Gasteiger partial charge in [-0.3, -0.25) is 4.79 Å². The van der Waals surface area contributed by atoms with E-state index in [4.69, 9.17) is 9.84 Å². The number of nitrogens with zero attached hydrogens (tertiary/aromatic N) is 1. The second-order valence-corrected chi connectivity index (χ2v) is 4.90. The highest BCUT2D eigenvalue weighted by Crippen LogP contribution is 2.29. The monoisotopic (exact) mass is 278 g/mol. The Kier molecular flexibility index (Phi) is 4.01. The number of aliphatic carboxylic acids is 1. The second kappa shape index (κ2) is 5.71. The smallest absolute Gasteiger partial charge is 0.309 e. The lowest BCUT2D eigenvalue weighted by atomic mass is 10.2. The number of hydrogen-bond donors (Lipinski definition) is 2. The topological polar surface area (TPSA) is 71.5 Å². The molecule has 1 aromatic heterocycles. The molecule has 0 amide bonds. The number of thiazole rings is 1. The van der Waals surface area contributed by atoms with Crippen LogP contribution in [0.3, 0.4) is 0 Å². The van der Waals surface area contributed by atoms with Gasteiger partial charge in [0.05, 0.1) is 24.9 Å². The Morgan fingerprint density at radius 3 is 3.00 bits per heavy atom. The summed E-state index contributed by atoms with van der Waals surface area (Å²) in [4.78, 5) is 14.8. The summed E-state index contributed by atoms with van der Waals surface area (Å²) in [6.45, 7) is 1.99. The first-order valence-corrected chi connectivity index (χ1v) is 6.54. The third-order valence-electron chi connectivity index (χ3n) is 2.48. The lowest BCUT2D eigenvalue weighted by Crippen LogP contribution is -2.00. The number of nitrogens with one attached hydrogen (secondary N) is 1. The van der Waals surface area contributed by atoms with Crippen LogP contribution in [0.15, 0.2) is 23.6 Å². The average Bonchev–Trinajstić information content (AvgIpc) is 2.76. The molecule has 2 N–H and O–H groups in total. The predicted molar refractivity (Wildman–Crippen MR) is 74.5 cm³/mol. The number of anilines is 2. The molecule has 0 saturated carbocycles. The normalized spacial score (nSPS) is 10.2. The van der Waals surface area contributed by atoms with Gasteiger partial charge in [0.15, 0.2) is 5.13 Å². The van der Waals surface area contributed by atoms with Crippen molar-refractivity contribution in [2.45, 2.75) is 13.3 Å². The van der Waals surface area contributed by atoms with Crippen LogP contribution in [0.5, 0.6) is 5.75 Å². The minimum Gasteiger partial charge on any atom is -0.495 e. The molecule has 2 rings (SSSR count). The van der Waals surface area contributed by atoms with Crippen molar-refractivity contribution in [2.24, 2.45) is 0 Å². The molecule has 0 bridgehead atoms. The van der Waals surface area contributed by atoms with Gasteiger partial charge in [0.2, 0.25) is 0 Å². The molecule has 0 atom stereocenters. The highest BCUT2D eigenvalue weighted by molar-refractivity contribution is 7.13. The summed E-state index contributed by atoms with van der Waals surface area (Å²) in [5.41, 5.74) is 2.47. The minimum atomic E-state index is -0.884. The maximum absolute atomic E-state index is 10.6. The molecule has 0 unspecified atom stereocenters. The number of methoxy groups -OCH3 is 1. The molecule has 2 aromatic rings. The van der Waals surface area contributed by atoms with Gasteiger partial charge in [-0.2, -0.15) is 0 Å². The van der Waals surface area contributed by atoms with E-state index in [0.717, 1.165) is 17.0 Å². The van der Waals surface area contributed by atoms with Gasteiger partial charge in [-0.15, -0.1) is 11.3 Å². The van der Waals surface area contributed by atoms with Crippen LogP contribution in [0.25, 0.3) is 0 Å². The quantitative estimate of drug-likeness (QED) is 0.880. The molecule has 1 heterocycles. The van der Waals surface area contributed by atoms with Gasteiger partial charge in [0.1, 0.15) is 5.75 Å². The summed E-state index contributed by atoms with van der Waals surface area (Å²) in [7, 11) is 1.60. The Balaban J connectivity index is 2.18. The first kappa shape index (κ1) is 13.4. The van der Waals surface area contributed by atoms with Crippen molar-refractivity contribution in [3.05, 3.63) is 34.8 Å². The summed E-state index contributed by atoms with van der Waals surface area (Å²) in [6.07, 6.45) is -0.0663. The first-order valence-electron chi connectivity index (χ1n) is 5.66. The van der Waals surface area contributed by atoms with Gasteiger partial charge < -0.3 is 15.2 Å². The fourth-order valence-corrected chi connectivity index (χ4v) is 2.36. The maximum atomic E-state index is 10.6. The van der Waals surface area contributed by atoms with Crippen molar-refractivity contribution < 1.29 is 14.6 Å². The summed E-state index contributed by atoms with van der Waals surface area (Å²) in [6, 6.07) is 5.79. The van der Waals surface area contributed by atoms with Crippen LogP contribution in [0.4, 0.5) is 10.8 Å². The Hall–Kier alpha value is -2.08. The van der Waals surface area contributed by atoms with E-state index in [1.807, 2.05) is 25.1 Å². The zero-order valence-corrected chi connectivity index (χ0v) is 11.5. The second-order valence-electron chi connectivity index (χ2n) is 4.04. The fourth-order valence-electron chi connectivity index (χ4n) is 1.64. The molecule has 0 spiro atoms. The first-order chi connectivity index (χ1) is 9.08. The summed E-state index contributed by atoms with van der Waals surface area (Å²) >= 11 is 1.37. The number of aromatic nitrogens is 1. The predicted octanol–water partition coefficient (Wildman–Crippen LogP) is 2.83. The third kappa shape index (κ3) is 3.45. The van der Waals surface area contributed by atoms with Crippen molar-refractivity contribution in [2.75, 3.05) is 12.4 Å². The minimum absolute atomic E-state index is 0.0663. The third-order valence-corrected chi connectivity index (χ3v) is 3.29. The Bertz CT molecular complexity index is 595. The number of carboxylic acids is 1. The van der Waals surface area contributed by atoms with Crippen molar-refractivity contribution in [1.29, 1.82) is 0 Å². The van der Waals surface area contributed by atoms with E-state index in [2.05, 4.69) is 10.3 Å². The fraction of sp³-hybridized carbons (Fsp3) is 0.231. The van der Waals surface area contributed by atoms with Crippen molar-refractivity contribution in [1.82, 2.24) is 4.98 Å². The molecule has 0 fully saturated rings. The Morgan fingerprint density at radius 1 is 1.53 bits per heavy atom. The van der Waals surface area contributed by atoms with E-state index in [0.29, 0.717) is 10.8 Å². The van der Waals surface area contributed by atoms with Crippen LogP contribution in [-0.4, -0.2) is 23.2 Å². The van der Waals surface area contributed by atoms with Crippen LogP contribution < -0.4 is 10.1 Å². The lowest BCUT2D eigenvalue weighted by molar-refractivity contribution is -0.136. The van der Waals surface area contributed by atoms with Gasteiger partial charge in [0.25, 0.3) is 0 Å². The zero-order valence-electron chi connectivity index (χ0n) is 10.6. The standard InChI is InChI=1S/C13H14N2O3S/c1-8-3-4-11(18-2)10(5-8)15-13-14-9(7-19-13)6-12(16)17/h3-5,7H,6H2,1-2H3,(H,14,15)(H,16,17). The van der Waals surface area contributed by atoms with Crippen molar-refractivity contribution in [3.63, 3.8) is 0 Å². The summed E-state index contributed by atoms with van der Waals surface area (Å²) < 4.78 is 5.26. The molecule has 5 nitrogen and oxygen atoms in total. The van der Waals surface area contributed by atoms with Gasteiger partial charge >= 0.3 is 5.97 Å². The lowest BCUT2D eigenvalue weighted by Gasteiger charge is -2.09. The molecule has 0 saturated heterocycles. The van der Waals surface area contributed by atoms with E-state index in [9.17, 15) is 4.79 Å². The van der Waals surface area contributed by atoms with Gasteiger partial charge in [-0.05, 0) is 24.6 Å². The molecule has 0 aliphatic heterocycles. The summed E-state index contributed by atoms with van der Waals surface area (Å²) in [5, 5.41) is 14.2. The van der Waals surface area contributed by atoms with Crippen LogP contribution in [0, 0.1) is 6.92 Å². The van der Waals surface area contributed by atoms with Gasteiger partial charge in [-0.25, -0.2) is 4.98 Å². The molecular formula is C13H14N2O3S. The maximum Gasteiger partial charge on any atom is 0.309 e. The van der Waals surface area contributed by atoms with Crippen LogP contribution in [0.2, 0.25) is 0 Å². The average molecular weight is 278 g/mol. The molecule has 6 heteroatoms. The number of benzene rings is 1. The molecule has 0 aliphatic carbocycles. The highest BCUT2D eigenvalue weighted by atomic mass is 32.1. The van der Waals surface area contributed by atoms with Gasteiger partial charge in [-0.1, -0.05) is 6.07 Å². The molecule has 19 heavy (non-hydrogen) atoms. The number of carboxylic acid groups (broad SMARTS) is 1. The van der Waals surface area contributed by atoms with E-state index >= 15 is 0 Å². The zero-order chi connectivity index (χ0) is 13.8. The van der Waals surface area contributed by atoms with Crippen LogP contribution in [-0.2, 0) is 11.2 Å². The van der Waals surface area contributed by atoms with Crippen LogP contribution >= 0.6 is 11.3 Å². The van der Waals surface area contributed by atoms with Crippen molar-refractivity contribution in [3.8, 4) is 5.75 Å². The van der Waals surface area contributed by atoms with E-state index < -0.39 is 5.97 Å². The molecule has 1 aromatic carbocycles.